The minimum Gasteiger partial charge on any atom is -0.342 e. The van der Waals surface area contributed by atoms with Gasteiger partial charge in [0.05, 0.1) is 12.1 Å². The van der Waals surface area contributed by atoms with Crippen molar-refractivity contribution in [3.63, 3.8) is 0 Å². The van der Waals surface area contributed by atoms with Crippen molar-refractivity contribution >= 4 is 35.3 Å². The lowest BCUT2D eigenvalue weighted by molar-refractivity contribution is -0.141. The fourth-order valence-electron chi connectivity index (χ4n) is 4.65. The minimum atomic E-state index is -0.0115. The van der Waals surface area contributed by atoms with Gasteiger partial charge in [0.25, 0.3) is 0 Å². The molecular weight excluding hydrogens is 366 g/mol. The summed E-state index contributed by atoms with van der Waals surface area (Å²) in [6.07, 6.45) is 2.92. The summed E-state index contributed by atoms with van der Waals surface area (Å²) >= 11 is 3.58. The molecule has 0 aliphatic carbocycles. The Morgan fingerprint density at radius 3 is 2.54 bits per heavy atom. The summed E-state index contributed by atoms with van der Waals surface area (Å²) in [5, 5.41) is 0.528. The Bertz CT molecular complexity index is 620. The molecule has 0 N–H and O–H groups in total. The molecule has 3 aliphatic rings. The number of amides is 2. The molecular formula is C19H31N3O2S2. The number of allylic oxidation sites excluding steroid dienone is 1. The van der Waals surface area contributed by atoms with Crippen LogP contribution in [0.25, 0.3) is 0 Å². The first-order valence-electron chi connectivity index (χ1n) is 9.57. The van der Waals surface area contributed by atoms with Gasteiger partial charge in [0.15, 0.2) is 0 Å². The SMILES string of the molecule is CCN(CC)C(=O)C1CC(SC2=C(C)N3C(=O)C(SC)C3C2C)CN1C. The molecule has 26 heavy (non-hydrogen) atoms. The zero-order valence-electron chi connectivity index (χ0n) is 16.7. The van der Waals surface area contributed by atoms with E-state index in [0.29, 0.717) is 17.2 Å². The summed E-state index contributed by atoms with van der Waals surface area (Å²) < 4.78 is 0. The third kappa shape index (κ3) is 3.10. The largest absolute Gasteiger partial charge is 0.342 e. The number of β-lactam (4-membered cyclic amide) rings is 1. The summed E-state index contributed by atoms with van der Waals surface area (Å²) in [7, 11) is 2.06. The highest BCUT2D eigenvalue weighted by Gasteiger charge is 2.56. The van der Waals surface area contributed by atoms with Crippen LogP contribution < -0.4 is 0 Å². The van der Waals surface area contributed by atoms with Crippen LogP contribution in [0.4, 0.5) is 0 Å². The van der Waals surface area contributed by atoms with Gasteiger partial charge in [0.1, 0.15) is 5.25 Å². The Morgan fingerprint density at radius 2 is 1.96 bits per heavy atom. The molecule has 146 valence electrons. The van der Waals surface area contributed by atoms with Crippen LogP contribution in [0.1, 0.15) is 34.1 Å². The molecule has 0 spiro atoms. The van der Waals surface area contributed by atoms with Crippen LogP contribution >= 0.6 is 23.5 Å². The summed E-state index contributed by atoms with van der Waals surface area (Å²) in [5.41, 5.74) is 1.14. The molecule has 0 radical (unpaired) electrons. The highest BCUT2D eigenvalue weighted by molar-refractivity contribution is 8.03. The second-order valence-corrected chi connectivity index (χ2v) is 9.86. The fourth-order valence-corrected chi connectivity index (χ4v) is 7.17. The average molecular weight is 398 g/mol. The van der Waals surface area contributed by atoms with E-state index in [9.17, 15) is 9.59 Å². The molecule has 0 aromatic rings. The van der Waals surface area contributed by atoms with Gasteiger partial charge < -0.3 is 9.80 Å². The number of rotatable bonds is 6. The molecule has 3 heterocycles. The number of carbonyl (C=O) groups excluding carboxylic acids is 2. The minimum absolute atomic E-state index is 0.0115. The van der Waals surface area contributed by atoms with Gasteiger partial charge in [-0.2, -0.15) is 0 Å². The zero-order valence-corrected chi connectivity index (χ0v) is 18.3. The normalized spacial score (nSPS) is 34.3. The van der Waals surface area contributed by atoms with E-state index in [2.05, 4.69) is 25.8 Å². The molecule has 0 aromatic carbocycles. The number of hydrogen-bond donors (Lipinski definition) is 0. The highest BCUT2D eigenvalue weighted by Crippen LogP contribution is 2.51. The zero-order chi connectivity index (χ0) is 19.2. The van der Waals surface area contributed by atoms with E-state index in [1.54, 1.807) is 11.8 Å². The molecule has 5 unspecified atom stereocenters. The van der Waals surface area contributed by atoms with E-state index in [1.165, 1.54) is 4.91 Å². The molecule has 3 rings (SSSR count). The maximum atomic E-state index is 12.8. The van der Waals surface area contributed by atoms with Crippen molar-refractivity contribution in [3.05, 3.63) is 10.6 Å². The molecule has 0 saturated carbocycles. The molecule has 7 heteroatoms. The van der Waals surface area contributed by atoms with Gasteiger partial charge in [0, 0.05) is 41.4 Å². The number of carbonyl (C=O) groups is 2. The first-order chi connectivity index (χ1) is 12.3. The van der Waals surface area contributed by atoms with Crippen molar-refractivity contribution in [1.82, 2.24) is 14.7 Å². The predicted molar refractivity (Wildman–Crippen MR) is 110 cm³/mol. The van der Waals surface area contributed by atoms with Crippen LogP contribution in [0.15, 0.2) is 10.6 Å². The molecule has 0 bridgehead atoms. The number of thioether (sulfide) groups is 2. The van der Waals surface area contributed by atoms with Crippen LogP contribution in [-0.4, -0.2) is 82.0 Å². The quantitative estimate of drug-likeness (QED) is 0.644. The Morgan fingerprint density at radius 1 is 1.31 bits per heavy atom. The van der Waals surface area contributed by atoms with E-state index >= 15 is 0 Å². The van der Waals surface area contributed by atoms with Crippen LogP contribution in [0.2, 0.25) is 0 Å². The Kier molecular flexibility index (Phi) is 5.99. The van der Waals surface area contributed by atoms with E-state index in [1.807, 2.05) is 41.7 Å². The maximum Gasteiger partial charge on any atom is 0.242 e. The molecule has 5 atom stereocenters. The van der Waals surface area contributed by atoms with Gasteiger partial charge >= 0.3 is 0 Å². The standard InChI is InChI=1S/C19H31N3O2S2/c1-7-21(8-2)18(23)14-9-13(10-20(14)5)26-16-11(3)15-17(25-6)19(24)22(15)12(16)4/h11,13-15,17H,7-10H2,1-6H3. The van der Waals surface area contributed by atoms with Crippen LogP contribution in [0.3, 0.4) is 0 Å². The van der Waals surface area contributed by atoms with Gasteiger partial charge in [0.2, 0.25) is 11.8 Å². The van der Waals surface area contributed by atoms with E-state index in [4.69, 9.17) is 0 Å². The molecule has 2 saturated heterocycles. The molecule has 3 aliphatic heterocycles. The number of fused-ring (bicyclic) bond motifs is 1. The van der Waals surface area contributed by atoms with Crippen molar-refractivity contribution in [1.29, 1.82) is 0 Å². The van der Waals surface area contributed by atoms with Gasteiger partial charge in [-0.3, -0.25) is 14.5 Å². The molecule has 2 fully saturated rings. The number of hydrogen-bond acceptors (Lipinski definition) is 5. The first kappa shape index (κ1) is 20.1. The highest BCUT2D eigenvalue weighted by atomic mass is 32.2. The van der Waals surface area contributed by atoms with E-state index in [-0.39, 0.29) is 23.1 Å². The van der Waals surface area contributed by atoms with Crippen LogP contribution in [0.5, 0.6) is 0 Å². The van der Waals surface area contributed by atoms with Gasteiger partial charge in [-0.1, -0.05) is 6.92 Å². The monoisotopic (exact) mass is 397 g/mol. The molecule has 5 nitrogen and oxygen atoms in total. The average Bonchev–Trinajstić information content (AvgIpc) is 3.07. The molecule has 2 amide bonds. The van der Waals surface area contributed by atoms with E-state index < -0.39 is 0 Å². The van der Waals surface area contributed by atoms with Crippen LogP contribution in [0, 0.1) is 5.92 Å². The predicted octanol–water partition coefficient (Wildman–Crippen LogP) is 2.48. The Labute approximate surface area is 165 Å². The van der Waals surface area contributed by atoms with Crippen molar-refractivity contribution < 1.29 is 9.59 Å². The topological polar surface area (TPSA) is 43.9 Å². The third-order valence-corrected chi connectivity index (χ3v) is 8.73. The van der Waals surface area contributed by atoms with Gasteiger partial charge in [-0.25, -0.2) is 0 Å². The summed E-state index contributed by atoms with van der Waals surface area (Å²) in [5.74, 6) is 0.922. The lowest BCUT2D eigenvalue weighted by Crippen LogP contribution is -2.61. The molecule has 0 aromatic heterocycles. The number of likely N-dealkylation sites (N-methyl/N-ethyl adjacent to an activating group) is 2. The first-order valence-corrected chi connectivity index (χ1v) is 11.7. The summed E-state index contributed by atoms with van der Waals surface area (Å²) in [6, 6.07) is 0.315. The van der Waals surface area contributed by atoms with Gasteiger partial charge in [-0.05, 0) is 40.5 Å². The lowest BCUT2D eigenvalue weighted by Gasteiger charge is -2.44. The summed E-state index contributed by atoms with van der Waals surface area (Å²) in [4.78, 5) is 32.6. The van der Waals surface area contributed by atoms with E-state index in [0.717, 1.165) is 31.8 Å². The third-order valence-electron chi connectivity index (χ3n) is 6.15. The summed E-state index contributed by atoms with van der Waals surface area (Å²) in [6.45, 7) is 10.9. The second kappa shape index (κ2) is 7.76. The smallest absolute Gasteiger partial charge is 0.242 e. The Balaban J connectivity index is 1.68. The lowest BCUT2D eigenvalue weighted by atomic mass is 9.93. The maximum absolute atomic E-state index is 12.8. The van der Waals surface area contributed by atoms with Crippen molar-refractivity contribution in [2.75, 3.05) is 32.9 Å². The van der Waals surface area contributed by atoms with Crippen LogP contribution in [-0.2, 0) is 9.59 Å². The van der Waals surface area contributed by atoms with Crippen molar-refractivity contribution in [2.45, 2.75) is 56.7 Å². The fraction of sp³-hybridized carbons (Fsp3) is 0.789. The van der Waals surface area contributed by atoms with Crippen molar-refractivity contribution in [2.24, 2.45) is 5.92 Å². The second-order valence-electron chi connectivity index (χ2n) is 7.53. The number of nitrogens with zero attached hydrogens (tertiary/aromatic N) is 3. The Hall–Kier alpha value is -0.660. The van der Waals surface area contributed by atoms with Gasteiger partial charge in [-0.15, -0.1) is 23.5 Å². The number of likely N-dealkylation sites (tertiary alicyclic amines) is 1. The van der Waals surface area contributed by atoms with Crippen molar-refractivity contribution in [3.8, 4) is 0 Å².